The van der Waals surface area contributed by atoms with E-state index in [1.807, 2.05) is 36.1 Å². The molecule has 2 rings (SSSR count). The van der Waals surface area contributed by atoms with Gasteiger partial charge >= 0.3 is 0 Å². The molecule has 0 aliphatic carbocycles. The zero-order valence-electron chi connectivity index (χ0n) is 13.8. The highest BCUT2D eigenvalue weighted by atomic mass is 32.2. The van der Waals surface area contributed by atoms with E-state index in [-0.39, 0.29) is 16.8 Å². The van der Waals surface area contributed by atoms with Crippen molar-refractivity contribution in [2.75, 3.05) is 25.4 Å². The lowest BCUT2D eigenvalue weighted by Gasteiger charge is -2.31. The summed E-state index contributed by atoms with van der Waals surface area (Å²) in [4.78, 5) is 14.2. The highest BCUT2D eigenvalue weighted by Gasteiger charge is 2.25. The molecule has 0 spiro atoms. The van der Waals surface area contributed by atoms with Crippen LogP contribution in [-0.2, 0) is 4.79 Å². The third-order valence-electron chi connectivity index (χ3n) is 3.35. The fraction of sp³-hybridized carbons (Fsp3) is 0.588. The minimum Gasteiger partial charge on any atom is -0.486 e. The van der Waals surface area contributed by atoms with E-state index in [1.54, 1.807) is 11.8 Å². The van der Waals surface area contributed by atoms with Gasteiger partial charge in [-0.1, -0.05) is 32.9 Å². The van der Waals surface area contributed by atoms with Gasteiger partial charge in [0.15, 0.2) is 17.6 Å². The lowest BCUT2D eigenvalue weighted by Crippen LogP contribution is -2.44. The Labute approximate surface area is 137 Å². The molecular formula is C17H25NO3S. The topological polar surface area (TPSA) is 38.8 Å². The van der Waals surface area contributed by atoms with Crippen molar-refractivity contribution in [1.82, 2.24) is 4.90 Å². The molecule has 1 amide bonds. The van der Waals surface area contributed by atoms with Crippen LogP contribution in [0.25, 0.3) is 0 Å². The molecule has 1 unspecified atom stereocenters. The standard InChI is InChI=1S/C17H25NO3S/c1-5-18(16(19)12-22-17(2,3)4)10-13-11-20-14-8-6-7-9-15(14)21-13/h6-9,13H,5,10-12H2,1-4H3. The molecule has 0 N–H and O–H groups in total. The van der Waals surface area contributed by atoms with E-state index in [0.29, 0.717) is 25.4 Å². The number of likely N-dealkylation sites (N-methyl/N-ethyl adjacent to an activating group) is 1. The molecule has 1 aliphatic heterocycles. The maximum Gasteiger partial charge on any atom is 0.232 e. The molecule has 1 aromatic carbocycles. The molecule has 0 aromatic heterocycles. The summed E-state index contributed by atoms with van der Waals surface area (Å²) in [5.74, 6) is 2.19. The predicted molar refractivity (Wildman–Crippen MR) is 90.8 cm³/mol. The minimum absolute atomic E-state index is 0.0957. The number of rotatable bonds is 5. The van der Waals surface area contributed by atoms with Crippen LogP contribution in [0, 0.1) is 0 Å². The third kappa shape index (κ3) is 4.83. The molecule has 0 saturated heterocycles. The van der Waals surface area contributed by atoms with Crippen molar-refractivity contribution in [3.8, 4) is 11.5 Å². The molecule has 0 fully saturated rings. The highest BCUT2D eigenvalue weighted by molar-refractivity contribution is 8.01. The maximum atomic E-state index is 12.3. The summed E-state index contributed by atoms with van der Waals surface area (Å²) in [6, 6.07) is 7.64. The Bertz CT molecular complexity index is 513. The van der Waals surface area contributed by atoms with E-state index in [2.05, 4.69) is 20.8 Å². The van der Waals surface area contributed by atoms with Gasteiger partial charge in [-0.05, 0) is 19.1 Å². The van der Waals surface area contributed by atoms with E-state index in [4.69, 9.17) is 9.47 Å². The van der Waals surface area contributed by atoms with E-state index in [9.17, 15) is 4.79 Å². The number of ether oxygens (including phenoxy) is 2. The number of thioether (sulfide) groups is 1. The summed E-state index contributed by atoms with van der Waals surface area (Å²) in [7, 11) is 0. The van der Waals surface area contributed by atoms with Crippen LogP contribution in [0.5, 0.6) is 11.5 Å². The quantitative estimate of drug-likeness (QED) is 0.834. The van der Waals surface area contributed by atoms with Crippen LogP contribution in [0.3, 0.4) is 0 Å². The number of para-hydroxylation sites is 2. The number of nitrogens with zero attached hydrogens (tertiary/aromatic N) is 1. The maximum absolute atomic E-state index is 12.3. The van der Waals surface area contributed by atoms with E-state index >= 15 is 0 Å². The minimum atomic E-state index is -0.113. The van der Waals surface area contributed by atoms with Gasteiger partial charge in [0, 0.05) is 11.3 Å². The Morgan fingerprint density at radius 3 is 2.64 bits per heavy atom. The average molecular weight is 323 g/mol. The van der Waals surface area contributed by atoms with Crippen LogP contribution >= 0.6 is 11.8 Å². The third-order valence-corrected chi connectivity index (χ3v) is 4.61. The van der Waals surface area contributed by atoms with Crippen molar-refractivity contribution >= 4 is 17.7 Å². The molecule has 22 heavy (non-hydrogen) atoms. The number of amides is 1. The molecule has 0 saturated carbocycles. The van der Waals surface area contributed by atoms with Gasteiger partial charge in [-0.25, -0.2) is 0 Å². The zero-order valence-corrected chi connectivity index (χ0v) is 14.6. The monoisotopic (exact) mass is 323 g/mol. The van der Waals surface area contributed by atoms with Crippen LogP contribution in [0.4, 0.5) is 0 Å². The van der Waals surface area contributed by atoms with E-state index in [1.165, 1.54) is 0 Å². The molecule has 1 atom stereocenters. The van der Waals surface area contributed by atoms with Gasteiger partial charge < -0.3 is 14.4 Å². The molecule has 1 aromatic rings. The Balaban J connectivity index is 1.90. The predicted octanol–water partition coefficient (Wildman–Crippen LogP) is 3.21. The van der Waals surface area contributed by atoms with Gasteiger partial charge in [-0.3, -0.25) is 4.79 Å². The van der Waals surface area contributed by atoms with Crippen molar-refractivity contribution in [3.63, 3.8) is 0 Å². The summed E-state index contributed by atoms with van der Waals surface area (Å²) in [5.41, 5.74) is 0. The smallest absolute Gasteiger partial charge is 0.232 e. The molecule has 122 valence electrons. The van der Waals surface area contributed by atoms with Crippen molar-refractivity contribution < 1.29 is 14.3 Å². The number of hydrogen-bond acceptors (Lipinski definition) is 4. The Kier molecular flexibility index (Phi) is 5.62. The second kappa shape index (κ2) is 7.27. The van der Waals surface area contributed by atoms with Gasteiger partial charge in [0.2, 0.25) is 5.91 Å². The van der Waals surface area contributed by atoms with E-state index in [0.717, 1.165) is 11.5 Å². The first kappa shape index (κ1) is 17.0. The fourth-order valence-corrected chi connectivity index (χ4v) is 2.91. The van der Waals surface area contributed by atoms with Crippen LogP contribution in [0.15, 0.2) is 24.3 Å². The number of benzene rings is 1. The number of hydrogen-bond donors (Lipinski definition) is 0. The largest absolute Gasteiger partial charge is 0.486 e. The van der Waals surface area contributed by atoms with E-state index < -0.39 is 0 Å². The molecule has 4 nitrogen and oxygen atoms in total. The Morgan fingerprint density at radius 1 is 1.32 bits per heavy atom. The Morgan fingerprint density at radius 2 is 2.00 bits per heavy atom. The number of carbonyl (C=O) groups excluding carboxylic acids is 1. The van der Waals surface area contributed by atoms with Gasteiger partial charge in [-0.2, -0.15) is 0 Å². The molecule has 5 heteroatoms. The van der Waals surface area contributed by atoms with Gasteiger partial charge in [-0.15, -0.1) is 11.8 Å². The van der Waals surface area contributed by atoms with Gasteiger partial charge in [0.1, 0.15) is 6.61 Å². The first-order valence-corrected chi connectivity index (χ1v) is 8.68. The highest BCUT2D eigenvalue weighted by Crippen LogP contribution is 2.31. The summed E-state index contributed by atoms with van der Waals surface area (Å²) in [5, 5.41) is 0. The summed E-state index contributed by atoms with van der Waals surface area (Å²) in [6.07, 6.45) is -0.113. The normalized spacial score (nSPS) is 17.2. The van der Waals surface area contributed by atoms with Gasteiger partial charge in [0.25, 0.3) is 0 Å². The van der Waals surface area contributed by atoms with Crippen molar-refractivity contribution in [2.45, 2.75) is 38.5 Å². The van der Waals surface area contributed by atoms with Crippen LogP contribution < -0.4 is 9.47 Å². The number of fused-ring (bicyclic) bond motifs is 1. The number of carbonyl (C=O) groups is 1. The van der Waals surface area contributed by atoms with Crippen LogP contribution in [0.1, 0.15) is 27.7 Å². The first-order chi connectivity index (χ1) is 10.4. The SMILES string of the molecule is CCN(CC1COc2ccccc2O1)C(=O)CSC(C)(C)C. The van der Waals surface area contributed by atoms with Crippen molar-refractivity contribution in [3.05, 3.63) is 24.3 Å². The van der Waals surface area contributed by atoms with Gasteiger partial charge in [0.05, 0.1) is 12.3 Å². The summed E-state index contributed by atoms with van der Waals surface area (Å²) >= 11 is 1.67. The second-order valence-electron chi connectivity index (χ2n) is 6.33. The first-order valence-electron chi connectivity index (χ1n) is 7.69. The molecule has 1 aliphatic rings. The molecule has 0 radical (unpaired) electrons. The van der Waals surface area contributed by atoms with Crippen molar-refractivity contribution in [2.24, 2.45) is 0 Å². The molecular weight excluding hydrogens is 298 g/mol. The second-order valence-corrected chi connectivity index (χ2v) is 8.13. The zero-order chi connectivity index (χ0) is 16.2. The fourth-order valence-electron chi connectivity index (χ4n) is 2.18. The van der Waals surface area contributed by atoms with Crippen LogP contribution in [0.2, 0.25) is 0 Å². The summed E-state index contributed by atoms with van der Waals surface area (Å²) < 4.78 is 11.7. The lowest BCUT2D eigenvalue weighted by molar-refractivity contribution is -0.129. The van der Waals surface area contributed by atoms with Crippen LogP contribution in [-0.4, -0.2) is 47.1 Å². The lowest BCUT2D eigenvalue weighted by atomic mass is 10.2. The molecule has 1 heterocycles. The molecule has 0 bridgehead atoms. The average Bonchev–Trinajstić information content (AvgIpc) is 2.49. The summed E-state index contributed by atoms with van der Waals surface area (Å²) in [6.45, 7) is 10.1. The van der Waals surface area contributed by atoms with Crippen molar-refractivity contribution in [1.29, 1.82) is 0 Å². The Hall–Kier alpha value is -1.36.